The van der Waals surface area contributed by atoms with E-state index in [1.54, 1.807) is 0 Å². The van der Waals surface area contributed by atoms with Crippen LogP contribution in [0, 0.1) is 0 Å². The summed E-state index contributed by atoms with van der Waals surface area (Å²) in [5.41, 5.74) is 1.24. The van der Waals surface area contributed by atoms with Crippen LogP contribution in [-0.4, -0.2) is 48.3 Å². The van der Waals surface area contributed by atoms with E-state index >= 15 is 0 Å². The molecule has 0 saturated carbocycles. The van der Waals surface area contributed by atoms with Gasteiger partial charge in [-0.15, -0.1) is 6.58 Å². The summed E-state index contributed by atoms with van der Waals surface area (Å²) in [5, 5.41) is 6.98. The molecule has 0 aliphatic heterocycles. The lowest BCUT2D eigenvalue weighted by molar-refractivity contribution is 0.0708. The van der Waals surface area contributed by atoms with E-state index in [1.165, 1.54) is 5.56 Å². The van der Waals surface area contributed by atoms with Crippen molar-refractivity contribution < 1.29 is 13.3 Å². The van der Waals surface area contributed by atoms with Crippen molar-refractivity contribution >= 4 is 8.80 Å². The molecule has 2 N–H and O–H groups in total. The fourth-order valence-electron chi connectivity index (χ4n) is 2.87. The van der Waals surface area contributed by atoms with E-state index in [2.05, 4.69) is 41.5 Å². The third kappa shape index (κ3) is 8.57. The molecule has 0 fully saturated rings. The highest BCUT2D eigenvalue weighted by atomic mass is 28.4. The second-order valence-electron chi connectivity index (χ2n) is 5.91. The minimum Gasteiger partial charge on any atom is -0.374 e. The van der Waals surface area contributed by atoms with Gasteiger partial charge in [-0.25, -0.2) is 0 Å². The van der Waals surface area contributed by atoms with Gasteiger partial charge in [0.25, 0.3) is 0 Å². The Balaban J connectivity index is 2.25. The largest absolute Gasteiger partial charge is 0.500 e. The first-order chi connectivity index (χ1) is 12.7. The third-order valence-electron chi connectivity index (χ3n) is 3.99. The quantitative estimate of drug-likeness (QED) is 0.261. The highest BCUT2D eigenvalue weighted by Crippen LogP contribution is 2.17. The van der Waals surface area contributed by atoms with Gasteiger partial charge in [0.05, 0.1) is 6.04 Å². The summed E-state index contributed by atoms with van der Waals surface area (Å²) in [6, 6.07) is 11.4. The Labute approximate surface area is 160 Å². The lowest BCUT2D eigenvalue weighted by Crippen LogP contribution is -2.46. The van der Waals surface area contributed by atoms with Crippen LogP contribution >= 0.6 is 0 Å². The molecule has 0 bridgehead atoms. The molecule has 1 aromatic rings. The van der Waals surface area contributed by atoms with E-state index in [0.717, 1.165) is 32.1 Å². The number of hydrogen-bond donors (Lipinski definition) is 2. The lowest BCUT2D eigenvalue weighted by Gasteiger charge is -2.28. The summed E-state index contributed by atoms with van der Waals surface area (Å²) in [7, 11) is -2.50. The fourth-order valence-corrected chi connectivity index (χ4v) is 5.48. The van der Waals surface area contributed by atoms with Gasteiger partial charge in [-0.2, -0.15) is 0 Å². The van der Waals surface area contributed by atoms with Gasteiger partial charge in [-0.3, -0.25) is 0 Å². The molecule has 26 heavy (non-hydrogen) atoms. The minimum atomic E-state index is -2.50. The number of rotatable bonds is 16. The molecule has 0 heterocycles. The van der Waals surface area contributed by atoms with Crippen LogP contribution in [0.15, 0.2) is 43.0 Å². The second-order valence-corrected chi connectivity index (χ2v) is 8.65. The van der Waals surface area contributed by atoms with Gasteiger partial charge in [0.15, 0.2) is 0 Å². The molecule has 0 aliphatic rings. The van der Waals surface area contributed by atoms with Crippen molar-refractivity contribution in [1.29, 1.82) is 0 Å². The van der Waals surface area contributed by atoms with Gasteiger partial charge in [0.1, 0.15) is 0 Å². The summed E-state index contributed by atoms with van der Waals surface area (Å²) < 4.78 is 17.6. The molecule has 1 aromatic carbocycles. The summed E-state index contributed by atoms with van der Waals surface area (Å²) in [6.45, 7) is 14.5. The van der Waals surface area contributed by atoms with Crippen molar-refractivity contribution in [2.75, 3.05) is 39.5 Å². The Morgan fingerprint density at radius 1 is 0.962 bits per heavy atom. The van der Waals surface area contributed by atoms with Crippen LogP contribution < -0.4 is 10.6 Å². The molecule has 0 spiro atoms. The van der Waals surface area contributed by atoms with Gasteiger partial charge in [-0.05, 0) is 39.3 Å². The van der Waals surface area contributed by atoms with Crippen LogP contribution in [0.5, 0.6) is 0 Å². The normalized spacial score (nSPS) is 12.9. The van der Waals surface area contributed by atoms with Gasteiger partial charge in [0.2, 0.25) is 0 Å². The Morgan fingerprint density at radius 3 is 2.12 bits per heavy atom. The number of hydrogen-bond acceptors (Lipinski definition) is 5. The second kappa shape index (κ2) is 14.1. The summed E-state index contributed by atoms with van der Waals surface area (Å²) in [6.07, 6.45) is 2.93. The van der Waals surface area contributed by atoms with Gasteiger partial charge >= 0.3 is 8.80 Å². The van der Waals surface area contributed by atoms with Crippen LogP contribution in [-0.2, 0) is 13.3 Å². The Morgan fingerprint density at radius 2 is 1.58 bits per heavy atom. The Kier molecular flexibility index (Phi) is 12.5. The predicted molar refractivity (Wildman–Crippen MR) is 110 cm³/mol. The number of nitrogens with one attached hydrogen (secondary N) is 2. The average molecular weight is 381 g/mol. The molecule has 1 rings (SSSR count). The highest BCUT2D eigenvalue weighted by molar-refractivity contribution is 6.60. The third-order valence-corrected chi connectivity index (χ3v) is 7.14. The van der Waals surface area contributed by atoms with Gasteiger partial charge in [0, 0.05) is 39.0 Å². The average Bonchev–Trinajstić information content (AvgIpc) is 2.65. The van der Waals surface area contributed by atoms with Crippen molar-refractivity contribution in [1.82, 2.24) is 10.6 Å². The van der Waals surface area contributed by atoms with Crippen molar-refractivity contribution in [3.05, 3.63) is 48.6 Å². The maximum Gasteiger partial charge on any atom is 0.500 e. The molecule has 0 aromatic heterocycles. The van der Waals surface area contributed by atoms with E-state index in [-0.39, 0.29) is 6.04 Å². The molecule has 6 heteroatoms. The molecular formula is C20H36N2O3Si. The molecule has 148 valence electrons. The minimum absolute atomic E-state index is 0.187. The zero-order valence-corrected chi connectivity index (χ0v) is 17.6. The SMILES string of the molecule is C=CC(NCCNCCC[Si](OCC)(OCC)OCC)c1ccccc1. The van der Waals surface area contributed by atoms with Crippen LogP contribution in [0.4, 0.5) is 0 Å². The van der Waals surface area contributed by atoms with Crippen molar-refractivity contribution in [3.8, 4) is 0 Å². The van der Waals surface area contributed by atoms with Crippen LogP contribution in [0.1, 0.15) is 38.8 Å². The molecule has 0 aliphatic carbocycles. The van der Waals surface area contributed by atoms with E-state index in [0.29, 0.717) is 19.8 Å². The van der Waals surface area contributed by atoms with E-state index in [9.17, 15) is 0 Å². The van der Waals surface area contributed by atoms with Gasteiger partial charge in [-0.1, -0.05) is 36.4 Å². The maximum atomic E-state index is 5.88. The zero-order valence-electron chi connectivity index (χ0n) is 16.6. The van der Waals surface area contributed by atoms with Gasteiger partial charge < -0.3 is 23.9 Å². The Bertz CT molecular complexity index is 456. The Hall–Kier alpha value is -1.02. The zero-order chi connectivity index (χ0) is 19.1. The van der Waals surface area contributed by atoms with Crippen LogP contribution in [0.3, 0.4) is 0 Å². The predicted octanol–water partition coefficient (Wildman–Crippen LogP) is 3.53. The van der Waals surface area contributed by atoms with E-state index in [4.69, 9.17) is 13.3 Å². The molecule has 0 amide bonds. The van der Waals surface area contributed by atoms with E-state index in [1.807, 2.05) is 32.9 Å². The van der Waals surface area contributed by atoms with Crippen LogP contribution in [0.2, 0.25) is 6.04 Å². The summed E-state index contributed by atoms with van der Waals surface area (Å²) in [5.74, 6) is 0. The first kappa shape index (κ1) is 23.0. The topological polar surface area (TPSA) is 51.8 Å². The van der Waals surface area contributed by atoms with Crippen molar-refractivity contribution in [2.45, 2.75) is 39.3 Å². The molecule has 0 radical (unpaired) electrons. The monoisotopic (exact) mass is 380 g/mol. The fraction of sp³-hybridized carbons (Fsp3) is 0.600. The highest BCUT2D eigenvalue weighted by Gasteiger charge is 2.39. The van der Waals surface area contributed by atoms with Crippen molar-refractivity contribution in [2.24, 2.45) is 0 Å². The van der Waals surface area contributed by atoms with Crippen LogP contribution in [0.25, 0.3) is 0 Å². The molecule has 5 nitrogen and oxygen atoms in total. The summed E-state index contributed by atoms with van der Waals surface area (Å²) in [4.78, 5) is 0. The number of benzene rings is 1. The molecule has 0 saturated heterocycles. The molecule has 1 atom stereocenters. The smallest absolute Gasteiger partial charge is 0.374 e. The molecular weight excluding hydrogens is 344 g/mol. The lowest BCUT2D eigenvalue weighted by atomic mass is 10.1. The maximum absolute atomic E-state index is 5.88. The summed E-state index contributed by atoms with van der Waals surface area (Å²) >= 11 is 0. The molecule has 1 unspecified atom stereocenters. The van der Waals surface area contributed by atoms with E-state index < -0.39 is 8.80 Å². The van der Waals surface area contributed by atoms with Crippen molar-refractivity contribution in [3.63, 3.8) is 0 Å². The first-order valence-electron chi connectivity index (χ1n) is 9.74. The first-order valence-corrected chi connectivity index (χ1v) is 11.7. The standard InChI is InChI=1S/C20H36N2O3Si/c1-5-20(19-13-10-9-11-14-19)22-17-16-21-15-12-18-26(23-6-2,24-7-3)25-8-4/h5,9-11,13-14,20-22H,1,6-8,12,15-18H2,2-4H3.